The van der Waals surface area contributed by atoms with Crippen molar-refractivity contribution >= 4 is 51.0 Å². The molecule has 1 saturated heterocycles. The van der Waals surface area contributed by atoms with Crippen LogP contribution >= 0.6 is 11.6 Å². The molecule has 1 N–H and O–H groups in total. The number of hydrogen-bond acceptors (Lipinski definition) is 5. The van der Waals surface area contributed by atoms with Crippen LogP contribution in [0.15, 0.2) is 53.4 Å². The lowest BCUT2D eigenvalue weighted by molar-refractivity contribution is -0.127. The minimum atomic E-state index is -3.86. The van der Waals surface area contributed by atoms with Crippen molar-refractivity contribution in [2.45, 2.75) is 4.90 Å². The van der Waals surface area contributed by atoms with Crippen molar-refractivity contribution < 1.29 is 22.8 Å². The van der Waals surface area contributed by atoms with Gasteiger partial charge in [-0.05, 0) is 42.0 Å². The van der Waals surface area contributed by atoms with E-state index in [9.17, 15) is 22.8 Å². The Bertz CT molecular complexity index is 1200. The summed E-state index contributed by atoms with van der Waals surface area (Å²) in [4.78, 5) is 37.3. The van der Waals surface area contributed by atoms with Crippen LogP contribution in [0.25, 0.3) is 6.08 Å². The summed E-state index contributed by atoms with van der Waals surface area (Å²) in [6.07, 6.45) is 3.13. The van der Waals surface area contributed by atoms with Crippen molar-refractivity contribution in [2.24, 2.45) is 0 Å². The number of amides is 2. The molecular weight excluding hydrogens is 442 g/mol. The first-order chi connectivity index (χ1) is 14.8. The lowest BCUT2D eigenvalue weighted by atomic mass is 10.1. The van der Waals surface area contributed by atoms with Crippen molar-refractivity contribution in [3.8, 4) is 0 Å². The zero-order valence-corrected chi connectivity index (χ0v) is 17.8. The Hall–Kier alpha value is -3.01. The van der Waals surface area contributed by atoms with Gasteiger partial charge in [-0.25, -0.2) is 8.42 Å². The fraction of sp³-hybridized carbons (Fsp3) is 0.190. The van der Waals surface area contributed by atoms with Gasteiger partial charge in [-0.1, -0.05) is 23.7 Å². The number of carbonyl (C=O) groups is 3. The second-order valence-corrected chi connectivity index (χ2v) is 9.48. The topological polar surface area (TPSA) is 104 Å². The van der Waals surface area contributed by atoms with Crippen LogP contribution in [0.2, 0.25) is 5.02 Å². The van der Waals surface area contributed by atoms with Gasteiger partial charge in [-0.3, -0.25) is 14.4 Å². The number of hydrogen-bond donors (Lipinski definition) is 1. The van der Waals surface area contributed by atoms with Crippen LogP contribution in [0.3, 0.4) is 0 Å². The number of Topliss-reactive ketones (excluding diaryl/α,β-unsaturated/α-hetero) is 1. The summed E-state index contributed by atoms with van der Waals surface area (Å²) in [5, 5.41) is 3.00. The van der Waals surface area contributed by atoms with Crippen molar-refractivity contribution in [2.75, 3.05) is 31.5 Å². The van der Waals surface area contributed by atoms with Crippen molar-refractivity contribution in [3.05, 3.63) is 64.7 Å². The molecule has 1 fully saturated rings. The zero-order chi connectivity index (χ0) is 22.2. The molecule has 10 heteroatoms. The van der Waals surface area contributed by atoms with E-state index in [1.165, 1.54) is 28.6 Å². The lowest BCUT2D eigenvalue weighted by Gasteiger charge is -2.33. The number of nitrogens with zero attached hydrogens (tertiary/aromatic N) is 2. The van der Waals surface area contributed by atoms with Crippen molar-refractivity contribution in [3.63, 3.8) is 0 Å². The molecule has 31 heavy (non-hydrogen) atoms. The van der Waals surface area contributed by atoms with Crippen LogP contribution in [0.5, 0.6) is 0 Å². The Morgan fingerprint density at radius 2 is 1.68 bits per heavy atom. The van der Waals surface area contributed by atoms with Crippen LogP contribution < -0.4 is 5.32 Å². The van der Waals surface area contributed by atoms with Crippen LogP contribution in [0.4, 0.5) is 5.69 Å². The van der Waals surface area contributed by atoms with Crippen LogP contribution in [-0.4, -0.2) is 61.4 Å². The normalized spacial score (nSPS) is 17.1. The molecule has 8 nitrogen and oxygen atoms in total. The maximum absolute atomic E-state index is 13.0. The first-order valence-electron chi connectivity index (χ1n) is 9.48. The number of halogens is 1. The van der Waals surface area contributed by atoms with E-state index in [0.717, 1.165) is 5.56 Å². The fourth-order valence-electron chi connectivity index (χ4n) is 3.43. The Morgan fingerprint density at radius 3 is 2.35 bits per heavy atom. The highest BCUT2D eigenvalue weighted by atomic mass is 35.5. The van der Waals surface area contributed by atoms with E-state index < -0.39 is 21.7 Å². The lowest BCUT2D eigenvalue weighted by Crippen LogP contribution is -2.50. The SMILES string of the molecule is O=C1Nc2ccc(S(=O)(=O)N3CCN(C(=O)/C=C/c4ccc(Cl)cc4)CC3)cc2C1=O. The Labute approximate surface area is 184 Å². The molecule has 2 aliphatic heterocycles. The molecule has 0 unspecified atom stereocenters. The van der Waals surface area contributed by atoms with E-state index in [4.69, 9.17) is 11.6 Å². The number of carbonyl (C=O) groups excluding carboxylic acids is 3. The molecule has 0 aliphatic carbocycles. The van der Waals surface area contributed by atoms with Gasteiger partial charge >= 0.3 is 0 Å². The number of fused-ring (bicyclic) bond motifs is 1. The van der Waals surface area contributed by atoms with Gasteiger partial charge in [0.15, 0.2) is 0 Å². The number of anilines is 1. The Morgan fingerprint density at radius 1 is 1.00 bits per heavy atom. The van der Waals surface area contributed by atoms with Crippen LogP contribution in [-0.2, 0) is 19.6 Å². The monoisotopic (exact) mass is 459 g/mol. The van der Waals surface area contributed by atoms with Gasteiger partial charge in [0.1, 0.15) is 0 Å². The van der Waals surface area contributed by atoms with Gasteiger partial charge in [0.05, 0.1) is 16.1 Å². The molecule has 0 aromatic heterocycles. The first-order valence-corrected chi connectivity index (χ1v) is 11.3. The third kappa shape index (κ3) is 4.25. The van der Waals surface area contributed by atoms with Crippen LogP contribution in [0.1, 0.15) is 15.9 Å². The van der Waals surface area contributed by atoms with Crippen molar-refractivity contribution in [1.29, 1.82) is 0 Å². The van der Waals surface area contributed by atoms with Gasteiger partial charge in [0.25, 0.3) is 11.7 Å². The highest BCUT2D eigenvalue weighted by Crippen LogP contribution is 2.27. The molecule has 160 valence electrons. The largest absolute Gasteiger partial charge is 0.337 e. The Kier molecular flexibility index (Phi) is 5.65. The number of ketones is 1. The average molecular weight is 460 g/mol. The van der Waals surface area contributed by atoms with E-state index in [1.807, 2.05) is 0 Å². The number of sulfonamides is 1. The minimum Gasteiger partial charge on any atom is -0.337 e. The van der Waals surface area contributed by atoms with Gasteiger partial charge in [0, 0.05) is 37.3 Å². The maximum Gasteiger partial charge on any atom is 0.296 e. The smallest absolute Gasteiger partial charge is 0.296 e. The summed E-state index contributed by atoms with van der Waals surface area (Å²) in [7, 11) is -3.86. The highest BCUT2D eigenvalue weighted by Gasteiger charge is 2.33. The standard InChI is InChI=1S/C21H18ClN3O5S/c22-15-4-1-14(2-5-15)3-8-19(26)24-9-11-25(12-10-24)31(29,30)16-6-7-18-17(13-16)20(27)21(28)23-18/h1-8,13H,9-12H2,(H,23,27,28)/b8-3+. The summed E-state index contributed by atoms with van der Waals surface area (Å²) >= 11 is 5.84. The fourth-order valence-corrected chi connectivity index (χ4v) is 5.00. The van der Waals surface area contributed by atoms with Gasteiger partial charge in [-0.15, -0.1) is 0 Å². The third-order valence-corrected chi connectivity index (χ3v) is 7.31. The molecule has 2 aromatic carbocycles. The predicted octanol–water partition coefficient (Wildman–Crippen LogP) is 2.02. The van der Waals surface area contributed by atoms with Crippen LogP contribution in [0, 0.1) is 0 Å². The summed E-state index contributed by atoms with van der Waals surface area (Å²) < 4.78 is 27.2. The molecule has 2 heterocycles. The summed E-state index contributed by atoms with van der Waals surface area (Å²) in [6.45, 7) is 0.746. The third-order valence-electron chi connectivity index (χ3n) is 5.17. The molecule has 2 aromatic rings. The van der Waals surface area contributed by atoms with E-state index in [2.05, 4.69) is 5.32 Å². The second kappa shape index (κ2) is 8.26. The number of nitrogens with one attached hydrogen (secondary N) is 1. The summed E-state index contributed by atoms with van der Waals surface area (Å²) in [5.74, 6) is -1.74. The molecule has 0 saturated carbocycles. The number of piperazine rings is 1. The number of benzene rings is 2. The van der Waals surface area contributed by atoms with E-state index >= 15 is 0 Å². The molecule has 2 amide bonds. The maximum atomic E-state index is 13.0. The Balaban J connectivity index is 1.41. The average Bonchev–Trinajstić information content (AvgIpc) is 3.06. The summed E-state index contributed by atoms with van der Waals surface area (Å²) in [6, 6.07) is 11.0. The highest BCUT2D eigenvalue weighted by molar-refractivity contribution is 7.89. The molecule has 0 bridgehead atoms. The molecule has 0 atom stereocenters. The number of rotatable bonds is 4. The van der Waals surface area contributed by atoms with Gasteiger partial charge in [-0.2, -0.15) is 4.31 Å². The van der Waals surface area contributed by atoms with E-state index in [1.54, 1.807) is 35.2 Å². The van der Waals surface area contributed by atoms with Gasteiger partial charge < -0.3 is 10.2 Å². The molecule has 2 aliphatic rings. The van der Waals surface area contributed by atoms with E-state index in [-0.39, 0.29) is 42.5 Å². The van der Waals surface area contributed by atoms with Gasteiger partial charge in [0.2, 0.25) is 15.9 Å². The minimum absolute atomic E-state index is 0.0484. The summed E-state index contributed by atoms with van der Waals surface area (Å²) in [5.41, 5.74) is 1.18. The predicted molar refractivity (Wildman–Crippen MR) is 115 cm³/mol. The zero-order valence-electron chi connectivity index (χ0n) is 16.2. The first kappa shape index (κ1) is 21.2. The van der Waals surface area contributed by atoms with E-state index in [0.29, 0.717) is 10.7 Å². The van der Waals surface area contributed by atoms with Crippen molar-refractivity contribution in [1.82, 2.24) is 9.21 Å². The molecule has 4 rings (SSSR count). The second-order valence-electron chi connectivity index (χ2n) is 7.10. The molecule has 0 radical (unpaired) electrons. The molecular formula is C21H18ClN3O5S. The molecule has 0 spiro atoms. The quantitative estimate of drug-likeness (QED) is 0.556.